The first-order valence-corrected chi connectivity index (χ1v) is 5.84. The molecule has 0 atom stereocenters. The number of rotatable bonds is 5. The van der Waals surface area contributed by atoms with Gasteiger partial charge in [0.1, 0.15) is 0 Å². The smallest absolute Gasteiger partial charge is 0.270 e. The fourth-order valence-corrected chi connectivity index (χ4v) is 2.01. The van der Waals surface area contributed by atoms with Crippen molar-refractivity contribution in [1.29, 1.82) is 0 Å². The fraction of sp³-hybridized carbons (Fsp3) is 0.250. The van der Waals surface area contributed by atoms with Crippen molar-refractivity contribution in [2.45, 2.75) is 12.8 Å². The molecule has 0 aliphatic carbocycles. The maximum atomic E-state index is 12.0. The minimum atomic E-state index is -0.631. The molecule has 2 rings (SSSR count). The summed E-state index contributed by atoms with van der Waals surface area (Å²) in [5.74, 6) is -1.61. The highest BCUT2D eigenvalue weighted by atomic mass is 16.6. The normalized spacial score (nSPS) is 13.5. The summed E-state index contributed by atoms with van der Waals surface area (Å²) in [5, 5.41) is 10.7. The third-order valence-electron chi connectivity index (χ3n) is 2.97. The quantitative estimate of drug-likeness (QED) is 0.475. The lowest BCUT2D eigenvalue weighted by Gasteiger charge is -2.12. The summed E-state index contributed by atoms with van der Waals surface area (Å²) in [7, 11) is 0. The van der Waals surface area contributed by atoms with Gasteiger partial charge in [-0.2, -0.15) is 0 Å². The van der Waals surface area contributed by atoms with Crippen LogP contribution in [-0.2, 0) is 4.79 Å². The molecule has 104 valence electrons. The van der Waals surface area contributed by atoms with Gasteiger partial charge < -0.3 is 5.73 Å². The molecule has 2 N–H and O–H groups in total. The molecule has 0 saturated heterocycles. The van der Waals surface area contributed by atoms with Gasteiger partial charge in [0.05, 0.1) is 16.1 Å². The lowest BCUT2D eigenvalue weighted by molar-refractivity contribution is -0.384. The average Bonchev–Trinajstić information content (AvgIpc) is 2.63. The second kappa shape index (κ2) is 5.08. The van der Waals surface area contributed by atoms with Gasteiger partial charge in [-0.15, -0.1) is 0 Å². The number of amides is 3. The summed E-state index contributed by atoms with van der Waals surface area (Å²) >= 11 is 0. The first kappa shape index (κ1) is 13.7. The Bertz CT molecular complexity index is 626. The highest BCUT2D eigenvalue weighted by Crippen LogP contribution is 2.26. The SMILES string of the molecule is NC(=O)CCCN1C(=O)c2ccc([N+](=O)[O-])cc2C1=O. The maximum absolute atomic E-state index is 12.0. The van der Waals surface area contributed by atoms with E-state index >= 15 is 0 Å². The minimum Gasteiger partial charge on any atom is -0.370 e. The highest BCUT2D eigenvalue weighted by molar-refractivity contribution is 6.21. The van der Waals surface area contributed by atoms with Crippen LogP contribution in [0, 0.1) is 10.1 Å². The summed E-state index contributed by atoms with van der Waals surface area (Å²) < 4.78 is 0. The number of nitrogens with two attached hydrogens (primary N) is 1. The van der Waals surface area contributed by atoms with Crippen molar-refractivity contribution in [1.82, 2.24) is 4.90 Å². The minimum absolute atomic E-state index is 0.0169. The van der Waals surface area contributed by atoms with Crippen molar-refractivity contribution in [2.75, 3.05) is 6.54 Å². The largest absolute Gasteiger partial charge is 0.370 e. The van der Waals surface area contributed by atoms with Crippen molar-refractivity contribution in [3.05, 3.63) is 39.4 Å². The molecule has 0 radical (unpaired) electrons. The molecule has 8 nitrogen and oxygen atoms in total. The Morgan fingerprint density at radius 1 is 1.25 bits per heavy atom. The second-order valence-corrected chi connectivity index (χ2v) is 4.32. The zero-order chi connectivity index (χ0) is 14.9. The molecule has 3 amide bonds. The Hall–Kier alpha value is -2.77. The van der Waals surface area contributed by atoms with Gasteiger partial charge in [-0.1, -0.05) is 0 Å². The van der Waals surface area contributed by atoms with E-state index in [1.54, 1.807) is 0 Å². The van der Waals surface area contributed by atoms with Gasteiger partial charge in [-0.3, -0.25) is 29.4 Å². The van der Waals surface area contributed by atoms with Crippen molar-refractivity contribution in [3.63, 3.8) is 0 Å². The van der Waals surface area contributed by atoms with Crippen LogP contribution < -0.4 is 5.73 Å². The number of nitrogens with zero attached hydrogens (tertiary/aromatic N) is 2. The number of carbonyl (C=O) groups excluding carboxylic acids is 3. The molecule has 0 aromatic heterocycles. The Morgan fingerprint density at radius 2 is 1.90 bits per heavy atom. The monoisotopic (exact) mass is 277 g/mol. The van der Waals surface area contributed by atoms with Crippen molar-refractivity contribution in [3.8, 4) is 0 Å². The zero-order valence-corrected chi connectivity index (χ0v) is 10.4. The Kier molecular flexibility index (Phi) is 3.47. The number of imide groups is 1. The van der Waals surface area contributed by atoms with Crippen molar-refractivity contribution >= 4 is 23.4 Å². The predicted octanol–water partition coefficient (Wildman–Crippen LogP) is 0.456. The van der Waals surface area contributed by atoms with E-state index in [1.807, 2.05) is 0 Å². The van der Waals surface area contributed by atoms with E-state index in [2.05, 4.69) is 0 Å². The molecular weight excluding hydrogens is 266 g/mol. The fourth-order valence-electron chi connectivity index (χ4n) is 2.01. The third-order valence-corrected chi connectivity index (χ3v) is 2.97. The molecule has 1 heterocycles. The number of benzene rings is 1. The topological polar surface area (TPSA) is 124 Å². The van der Waals surface area contributed by atoms with Crippen molar-refractivity contribution < 1.29 is 19.3 Å². The molecule has 1 aromatic carbocycles. The van der Waals surface area contributed by atoms with Gasteiger partial charge in [0, 0.05) is 25.1 Å². The average molecular weight is 277 g/mol. The number of hydrogen-bond donors (Lipinski definition) is 1. The van der Waals surface area contributed by atoms with Gasteiger partial charge in [0.2, 0.25) is 5.91 Å². The molecule has 0 fully saturated rings. The van der Waals surface area contributed by atoms with Gasteiger partial charge in [-0.25, -0.2) is 0 Å². The molecule has 1 aliphatic rings. The van der Waals surface area contributed by atoms with Crippen LogP contribution in [0.2, 0.25) is 0 Å². The van der Waals surface area contributed by atoms with Crippen LogP contribution in [-0.4, -0.2) is 34.1 Å². The number of primary amides is 1. The van der Waals surface area contributed by atoms with Crippen LogP contribution in [0.4, 0.5) is 5.69 Å². The van der Waals surface area contributed by atoms with Gasteiger partial charge >= 0.3 is 0 Å². The molecule has 8 heteroatoms. The lowest BCUT2D eigenvalue weighted by atomic mass is 10.1. The second-order valence-electron chi connectivity index (χ2n) is 4.32. The highest BCUT2D eigenvalue weighted by Gasteiger charge is 2.36. The van der Waals surface area contributed by atoms with Crippen molar-refractivity contribution in [2.24, 2.45) is 5.73 Å². The molecule has 0 bridgehead atoms. The molecule has 20 heavy (non-hydrogen) atoms. The summed E-state index contributed by atoms with van der Waals surface area (Å²) in [6.07, 6.45) is 0.330. The zero-order valence-electron chi connectivity index (χ0n) is 10.4. The number of fused-ring (bicyclic) bond motifs is 1. The molecule has 0 spiro atoms. The van der Waals surface area contributed by atoms with Crippen LogP contribution >= 0.6 is 0 Å². The van der Waals surface area contributed by atoms with Gasteiger partial charge in [-0.05, 0) is 12.5 Å². The van der Waals surface area contributed by atoms with Gasteiger partial charge in [0.25, 0.3) is 17.5 Å². The number of carbonyl (C=O) groups is 3. The van der Waals surface area contributed by atoms with Crippen LogP contribution in [0.3, 0.4) is 0 Å². The van der Waals surface area contributed by atoms with E-state index in [4.69, 9.17) is 5.73 Å². The number of nitro groups is 1. The number of non-ortho nitro benzene ring substituents is 1. The summed E-state index contributed by atoms with van der Waals surface area (Å²) in [6.45, 7) is 0.0586. The van der Waals surface area contributed by atoms with Crippen LogP contribution in [0.15, 0.2) is 18.2 Å². The lowest BCUT2D eigenvalue weighted by Crippen LogP contribution is -2.31. The molecule has 1 aromatic rings. The van der Waals surface area contributed by atoms with Gasteiger partial charge in [0.15, 0.2) is 0 Å². The Morgan fingerprint density at radius 3 is 2.50 bits per heavy atom. The summed E-state index contributed by atoms with van der Waals surface area (Å²) in [5.41, 5.74) is 4.89. The van der Waals surface area contributed by atoms with E-state index in [0.29, 0.717) is 0 Å². The number of hydrogen-bond acceptors (Lipinski definition) is 5. The van der Waals surface area contributed by atoms with E-state index < -0.39 is 22.6 Å². The predicted molar refractivity (Wildman–Crippen MR) is 66.9 cm³/mol. The van der Waals surface area contributed by atoms with E-state index in [0.717, 1.165) is 11.0 Å². The van der Waals surface area contributed by atoms with E-state index in [1.165, 1.54) is 12.1 Å². The number of nitro benzene ring substituents is 1. The van der Waals surface area contributed by atoms with Crippen LogP contribution in [0.1, 0.15) is 33.6 Å². The standard InChI is InChI=1S/C12H11N3O5/c13-10(16)2-1-5-14-11(17)8-4-3-7(15(19)20)6-9(8)12(14)18/h3-4,6H,1-2,5H2,(H2,13,16). The third kappa shape index (κ3) is 2.35. The molecule has 1 aliphatic heterocycles. The maximum Gasteiger partial charge on any atom is 0.270 e. The summed E-state index contributed by atoms with van der Waals surface area (Å²) in [4.78, 5) is 45.6. The van der Waals surface area contributed by atoms with E-state index in [9.17, 15) is 24.5 Å². The summed E-state index contributed by atoms with van der Waals surface area (Å²) in [6, 6.07) is 3.53. The molecular formula is C12H11N3O5. The molecule has 0 unspecified atom stereocenters. The Balaban J connectivity index is 2.21. The van der Waals surface area contributed by atoms with Crippen LogP contribution in [0.25, 0.3) is 0 Å². The van der Waals surface area contributed by atoms with E-state index in [-0.39, 0.29) is 36.2 Å². The molecule has 0 saturated carbocycles. The first-order valence-electron chi connectivity index (χ1n) is 5.84. The Labute approximate surface area is 113 Å². The van der Waals surface area contributed by atoms with Crippen LogP contribution in [0.5, 0.6) is 0 Å². The first-order chi connectivity index (χ1) is 9.41.